The van der Waals surface area contributed by atoms with Gasteiger partial charge in [-0.05, 0) is 38.3 Å². The van der Waals surface area contributed by atoms with Gasteiger partial charge in [0, 0.05) is 32.2 Å². The molecule has 0 aliphatic heterocycles. The van der Waals surface area contributed by atoms with Gasteiger partial charge >= 0.3 is 5.97 Å². The molecule has 0 fully saturated rings. The summed E-state index contributed by atoms with van der Waals surface area (Å²) in [6, 6.07) is 6.17. The Morgan fingerprint density at radius 2 is 1.83 bits per heavy atom. The first-order chi connectivity index (χ1) is 14.1. The monoisotopic (exact) mass is 535 g/mol. The molecule has 2 N–H and O–H groups in total. The highest BCUT2D eigenvalue weighted by atomic mass is 127. The van der Waals surface area contributed by atoms with Crippen molar-refractivity contribution in [3.05, 3.63) is 29.3 Å². The fourth-order valence-electron chi connectivity index (χ4n) is 2.72. The van der Waals surface area contributed by atoms with Gasteiger partial charge in [0.2, 0.25) is 0 Å². The van der Waals surface area contributed by atoms with Crippen molar-refractivity contribution in [2.45, 2.75) is 52.5 Å². The number of methoxy groups -OCH3 is 2. The van der Waals surface area contributed by atoms with Crippen molar-refractivity contribution >= 4 is 35.9 Å². The standard InChI is InChI=1S/C22H37N3O4.HI/c1-5-23-22(24-13-9-7-6-8-10-21(26)28-4)25-17-19-12-11-18(2)16-20(19)29-15-14-27-3;/h11-12,16H,5-10,13-15,17H2,1-4H3,(H2,23,24,25);1H. The van der Waals surface area contributed by atoms with Crippen molar-refractivity contribution in [2.24, 2.45) is 4.99 Å². The summed E-state index contributed by atoms with van der Waals surface area (Å²) >= 11 is 0. The summed E-state index contributed by atoms with van der Waals surface area (Å²) in [5, 5.41) is 6.65. The molecule has 1 aromatic carbocycles. The van der Waals surface area contributed by atoms with E-state index in [2.05, 4.69) is 34.4 Å². The summed E-state index contributed by atoms with van der Waals surface area (Å²) < 4.78 is 15.6. The second-order valence-electron chi connectivity index (χ2n) is 6.81. The molecule has 0 heterocycles. The first-order valence-corrected chi connectivity index (χ1v) is 10.4. The molecule has 0 aliphatic carbocycles. The molecule has 0 aromatic heterocycles. The normalized spacial score (nSPS) is 10.9. The maximum atomic E-state index is 11.1. The number of carbonyl (C=O) groups is 1. The average Bonchev–Trinajstić information content (AvgIpc) is 2.72. The van der Waals surface area contributed by atoms with E-state index in [1.54, 1.807) is 7.11 Å². The number of hydrogen-bond donors (Lipinski definition) is 2. The number of guanidine groups is 1. The van der Waals surface area contributed by atoms with Crippen molar-refractivity contribution in [1.29, 1.82) is 0 Å². The summed E-state index contributed by atoms with van der Waals surface area (Å²) in [6.07, 6.45) is 4.50. The fourth-order valence-corrected chi connectivity index (χ4v) is 2.72. The Morgan fingerprint density at radius 1 is 1.07 bits per heavy atom. The van der Waals surface area contributed by atoms with E-state index in [1.165, 1.54) is 7.11 Å². The maximum Gasteiger partial charge on any atom is 0.305 e. The lowest BCUT2D eigenvalue weighted by Gasteiger charge is -2.13. The van der Waals surface area contributed by atoms with Gasteiger partial charge in [-0.1, -0.05) is 25.0 Å². The largest absolute Gasteiger partial charge is 0.491 e. The third kappa shape index (κ3) is 12.9. The van der Waals surface area contributed by atoms with Gasteiger partial charge in [0.1, 0.15) is 12.4 Å². The zero-order valence-electron chi connectivity index (χ0n) is 18.8. The molecule has 0 bridgehead atoms. The average molecular weight is 535 g/mol. The minimum Gasteiger partial charge on any atom is -0.491 e. The number of nitrogens with zero attached hydrogens (tertiary/aromatic N) is 1. The summed E-state index contributed by atoms with van der Waals surface area (Å²) in [6.45, 7) is 7.36. The van der Waals surface area contributed by atoms with Crippen LogP contribution in [0.2, 0.25) is 0 Å². The van der Waals surface area contributed by atoms with Gasteiger partial charge in [0.25, 0.3) is 0 Å². The lowest BCUT2D eigenvalue weighted by atomic mass is 10.1. The summed E-state index contributed by atoms with van der Waals surface area (Å²) in [5.74, 6) is 1.52. The second kappa shape index (κ2) is 18.2. The van der Waals surface area contributed by atoms with E-state index in [1.807, 2.05) is 13.0 Å². The van der Waals surface area contributed by atoms with Crippen LogP contribution in [0.5, 0.6) is 5.75 Å². The Bertz CT molecular complexity index is 626. The number of carbonyl (C=O) groups excluding carboxylic acids is 1. The molecule has 1 aromatic rings. The van der Waals surface area contributed by atoms with E-state index >= 15 is 0 Å². The molecule has 7 nitrogen and oxygen atoms in total. The zero-order chi connectivity index (χ0) is 21.3. The second-order valence-corrected chi connectivity index (χ2v) is 6.81. The van der Waals surface area contributed by atoms with Crippen LogP contribution in [0.3, 0.4) is 0 Å². The Hall–Kier alpha value is -1.55. The number of ether oxygens (including phenoxy) is 3. The van der Waals surface area contributed by atoms with Crippen LogP contribution in [-0.4, -0.2) is 52.5 Å². The number of aryl methyl sites for hydroxylation is 1. The van der Waals surface area contributed by atoms with Crippen LogP contribution in [-0.2, 0) is 20.8 Å². The third-order valence-electron chi connectivity index (χ3n) is 4.35. The van der Waals surface area contributed by atoms with Crippen LogP contribution in [0, 0.1) is 6.92 Å². The summed E-state index contributed by atoms with van der Waals surface area (Å²) in [7, 11) is 3.09. The first-order valence-electron chi connectivity index (χ1n) is 10.4. The van der Waals surface area contributed by atoms with Gasteiger partial charge in [-0.15, -0.1) is 24.0 Å². The number of aliphatic imine (C=N–C) groups is 1. The van der Waals surface area contributed by atoms with Crippen LogP contribution in [0.1, 0.15) is 50.2 Å². The van der Waals surface area contributed by atoms with E-state index in [0.717, 1.165) is 61.6 Å². The van der Waals surface area contributed by atoms with Crippen LogP contribution in [0.25, 0.3) is 0 Å². The molecule has 0 atom stereocenters. The highest BCUT2D eigenvalue weighted by molar-refractivity contribution is 14.0. The topological polar surface area (TPSA) is 81.2 Å². The van der Waals surface area contributed by atoms with Crippen molar-refractivity contribution < 1.29 is 19.0 Å². The van der Waals surface area contributed by atoms with Crippen LogP contribution in [0.15, 0.2) is 23.2 Å². The van der Waals surface area contributed by atoms with Crippen LogP contribution < -0.4 is 15.4 Å². The van der Waals surface area contributed by atoms with Gasteiger partial charge in [0.15, 0.2) is 5.96 Å². The van der Waals surface area contributed by atoms with E-state index in [4.69, 9.17) is 14.5 Å². The summed E-state index contributed by atoms with van der Waals surface area (Å²) in [4.78, 5) is 15.8. The molecule has 1 rings (SSSR count). The molecule has 30 heavy (non-hydrogen) atoms. The molecule has 172 valence electrons. The van der Waals surface area contributed by atoms with E-state index in [9.17, 15) is 4.79 Å². The molecule has 0 spiro atoms. The molecule has 0 aliphatic rings. The van der Waals surface area contributed by atoms with E-state index in [0.29, 0.717) is 26.2 Å². The minimum atomic E-state index is -0.133. The van der Waals surface area contributed by atoms with Crippen molar-refractivity contribution in [3.8, 4) is 5.75 Å². The van der Waals surface area contributed by atoms with Crippen molar-refractivity contribution in [3.63, 3.8) is 0 Å². The quantitative estimate of drug-likeness (QED) is 0.124. The Labute approximate surface area is 198 Å². The Kier molecular flexibility index (Phi) is 17.3. The van der Waals surface area contributed by atoms with Gasteiger partial charge in [-0.3, -0.25) is 4.79 Å². The molecular weight excluding hydrogens is 497 g/mol. The molecular formula is C22H38IN3O4. The third-order valence-corrected chi connectivity index (χ3v) is 4.35. The Balaban J connectivity index is 0.00000841. The number of rotatable bonds is 14. The number of esters is 1. The van der Waals surface area contributed by atoms with Crippen molar-refractivity contribution in [2.75, 3.05) is 40.5 Å². The smallest absolute Gasteiger partial charge is 0.305 e. The lowest BCUT2D eigenvalue weighted by molar-refractivity contribution is -0.140. The van der Waals surface area contributed by atoms with Gasteiger partial charge in [-0.2, -0.15) is 0 Å². The molecule has 0 unspecified atom stereocenters. The van der Waals surface area contributed by atoms with Gasteiger partial charge < -0.3 is 24.8 Å². The zero-order valence-corrected chi connectivity index (χ0v) is 21.1. The number of unbranched alkanes of at least 4 members (excludes halogenated alkanes) is 3. The fraction of sp³-hybridized carbons (Fsp3) is 0.636. The van der Waals surface area contributed by atoms with Gasteiger partial charge in [0.05, 0.1) is 20.3 Å². The summed E-state index contributed by atoms with van der Waals surface area (Å²) in [5.41, 5.74) is 2.20. The highest BCUT2D eigenvalue weighted by Crippen LogP contribution is 2.21. The SMILES string of the molecule is CCNC(=NCc1ccc(C)cc1OCCOC)NCCCCCCC(=O)OC.I. The molecule has 0 radical (unpaired) electrons. The molecule has 0 saturated heterocycles. The number of nitrogens with one attached hydrogen (secondary N) is 2. The predicted molar refractivity (Wildman–Crippen MR) is 132 cm³/mol. The first kappa shape index (κ1) is 28.5. The Morgan fingerprint density at radius 3 is 2.53 bits per heavy atom. The molecule has 8 heteroatoms. The highest BCUT2D eigenvalue weighted by Gasteiger charge is 2.05. The predicted octanol–water partition coefficient (Wildman–Crippen LogP) is 3.82. The van der Waals surface area contributed by atoms with E-state index in [-0.39, 0.29) is 29.9 Å². The van der Waals surface area contributed by atoms with Gasteiger partial charge in [-0.25, -0.2) is 4.99 Å². The number of hydrogen-bond acceptors (Lipinski definition) is 5. The number of benzene rings is 1. The van der Waals surface area contributed by atoms with Crippen molar-refractivity contribution in [1.82, 2.24) is 10.6 Å². The lowest BCUT2D eigenvalue weighted by Crippen LogP contribution is -2.37. The molecule has 0 amide bonds. The minimum absolute atomic E-state index is 0. The van der Waals surface area contributed by atoms with Crippen LogP contribution in [0.4, 0.5) is 0 Å². The molecule has 0 saturated carbocycles. The number of halogens is 1. The van der Waals surface area contributed by atoms with Crippen LogP contribution >= 0.6 is 24.0 Å². The van der Waals surface area contributed by atoms with E-state index < -0.39 is 0 Å². The maximum absolute atomic E-state index is 11.1.